The second kappa shape index (κ2) is 26.5. The lowest BCUT2D eigenvalue weighted by Crippen LogP contribution is -2.39. The van der Waals surface area contributed by atoms with Crippen LogP contribution in [0.1, 0.15) is 114 Å². The summed E-state index contributed by atoms with van der Waals surface area (Å²) in [6.07, 6.45) is 21.9. The number of rotatable bonds is 9. The van der Waals surface area contributed by atoms with E-state index in [9.17, 15) is 30.5 Å². The number of cyclic esters (lactones) is 1. The van der Waals surface area contributed by atoms with Crippen molar-refractivity contribution in [1.29, 1.82) is 15.8 Å². The number of fused-ring (bicyclic) bond motifs is 1. The van der Waals surface area contributed by atoms with Crippen LogP contribution in [-0.4, -0.2) is 44.0 Å². The van der Waals surface area contributed by atoms with E-state index in [0.717, 1.165) is 69.7 Å². The minimum atomic E-state index is -0.196. The largest absolute Gasteiger partial charge is 0.462 e. The number of hydrogen-bond donors (Lipinski definition) is 1. The van der Waals surface area contributed by atoms with E-state index in [4.69, 9.17) is 4.74 Å². The van der Waals surface area contributed by atoms with Gasteiger partial charge < -0.3 is 9.84 Å². The van der Waals surface area contributed by atoms with Crippen molar-refractivity contribution < 1.29 is 19.4 Å². The van der Waals surface area contributed by atoms with Crippen molar-refractivity contribution in [3.05, 3.63) is 180 Å². The molecule has 3 aromatic heterocycles. The van der Waals surface area contributed by atoms with Crippen LogP contribution in [0.5, 0.6) is 0 Å². The Bertz CT molecular complexity index is 3290. The van der Waals surface area contributed by atoms with Crippen molar-refractivity contribution in [2.75, 3.05) is 0 Å². The van der Waals surface area contributed by atoms with Gasteiger partial charge >= 0.3 is 5.97 Å². The molecule has 1 saturated heterocycles. The zero-order valence-corrected chi connectivity index (χ0v) is 46.5. The number of pyridine rings is 3. The van der Waals surface area contributed by atoms with Crippen molar-refractivity contribution >= 4 is 30.0 Å². The molecule has 6 aromatic rings. The number of ketones is 1. The van der Waals surface area contributed by atoms with Crippen LogP contribution in [0.4, 0.5) is 0 Å². The monoisotopic (exact) mass is 1050 g/mol. The summed E-state index contributed by atoms with van der Waals surface area (Å²) in [7, 11) is 0. The molecule has 4 fully saturated rings. The average molecular weight is 1050 g/mol. The van der Waals surface area contributed by atoms with E-state index < -0.39 is 0 Å². The van der Waals surface area contributed by atoms with Gasteiger partial charge in [-0.3, -0.25) is 24.5 Å². The lowest BCUT2D eigenvalue weighted by Gasteiger charge is -2.40. The lowest BCUT2D eigenvalue weighted by atomic mass is 9.62. The first kappa shape index (κ1) is 57.1. The standard InChI is InChI=1S/C25H26N2O2.C22H24N2O.C22H22N2O/c1-15-12-23-24(17(3)29-25(23)28)21(16(15)2)11-10-20-9-8-19(14-27-20)22-7-5-4-6-18(22)13-26;2*1-15-11-21(25)12-17(16(15)2)7-9-20-10-8-19(14-24-20)22-6-4-3-5-18(22)13-23/h4-11,14-17,21,23-24H,12H2,1-3H3;3-10,14-17,21,25H,11-12H2,1-2H3;3-10,14-17H,11-12H2,1-2H3/b11-10+;2*9-7+/t15-,16+,17+,21-,23+,24-;15-,16+,17+,21?;15-,16+,17+/m000/s1. The fourth-order valence-corrected chi connectivity index (χ4v) is 12.1. The molecule has 3 saturated carbocycles. The SMILES string of the molecule is C[C@H]1[C@H](/C=C/c2ccc(-c3ccccc3C#N)cn2)CC(=O)C[C@@H]1C.C[C@H]1[C@H](/C=C/c2ccc(-c3ccccc3C#N)cn2)CC(O)C[C@@H]1C.C[C@H]1[C@H](/C=C/c2ccc(-c3ccccc3C#N)cn2)[C@@H]2[C@@H](C)OC(=O)[C@@H]2C[C@@H]1C. The molecule has 4 heterocycles. The summed E-state index contributed by atoms with van der Waals surface area (Å²) in [6, 6.07) is 41.2. The molecule has 0 bridgehead atoms. The minimum absolute atomic E-state index is 0.0173. The summed E-state index contributed by atoms with van der Waals surface area (Å²) < 4.78 is 5.56. The molecule has 13 atom stereocenters. The van der Waals surface area contributed by atoms with Gasteiger partial charge in [-0.2, -0.15) is 15.8 Å². The fourth-order valence-electron chi connectivity index (χ4n) is 12.1. The number of allylic oxidation sites excluding steroid dienone is 3. The molecule has 3 aliphatic carbocycles. The normalized spacial score (nSPS) is 27.3. The van der Waals surface area contributed by atoms with E-state index in [1.54, 1.807) is 6.20 Å². The number of nitrogens with zero attached hydrogens (tertiary/aromatic N) is 6. The van der Waals surface area contributed by atoms with E-state index in [2.05, 4.69) is 99.0 Å². The molecule has 0 spiro atoms. The lowest BCUT2D eigenvalue weighted by molar-refractivity contribution is -0.144. The quantitative estimate of drug-likeness (QED) is 0.137. The summed E-state index contributed by atoms with van der Waals surface area (Å²) in [5.41, 5.74) is 10.1. The fraction of sp³-hybridized carbons (Fsp3) is 0.362. The molecule has 10 nitrogen and oxygen atoms in total. The zero-order valence-electron chi connectivity index (χ0n) is 46.5. The topological polar surface area (TPSA) is 174 Å². The number of carbonyl (C=O) groups is 2. The highest BCUT2D eigenvalue weighted by atomic mass is 16.6. The molecular weight excluding hydrogens is 977 g/mol. The van der Waals surface area contributed by atoms with E-state index in [0.29, 0.717) is 82.7 Å². The van der Waals surface area contributed by atoms with Gasteiger partial charge in [-0.05, 0) is 134 Å². The molecule has 1 unspecified atom stereocenters. The highest BCUT2D eigenvalue weighted by Crippen LogP contribution is 2.49. The molecular formula is C69H72N6O4. The third-order valence-corrected chi connectivity index (χ3v) is 17.5. The smallest absolute Gasteiger partial charge is 0.309 e. The third-order valence-electron chi connectivity index (χ3n) is 17.5. The van der Waals surface area contributed by atoms with Gasteiger partial charge in [0.25, 0.3) is 0 Å². The summed E-state index contributed by atoms with van der Waals surface area (Å²) in [5.74, 6) is 4.60. The maximum absolute atomic E-state index is 12.2. The van der Waals surface area contributed by atoms with Crippen LogP contribution in [0.25, 0.3) is 51.6 Å². The minimum Gasteiger partial charge on any atom is -0.462 e. The summed E-state index contributed by atoms with van der Waals surface area (Å²) in [5, 5.41) is 37.8. The van der Waals surface area contributed by atoms with Crippen molar-refractivity contribution in [3.63, 3.8) is 0 Å². The van der Waals surface area contributed by atoms with Gasteiger partial charge in [0.2, 0.25) is 0 Å². The number of aliphatic hydroxyl groups is 1. The summed E-state index contributed by atoms with van der Waals surface area (Å²) in [6.45, 7) is 15.4. The number of nitriles is 3. The number of aromatic nitrogens is 3. The highest BCUT2D eigenvalue weighted by Gasteiger charge is 2.51. The van der Waals surface area contributed by atoms with Crippen LogP contribution < -0.4 is 0 Å². The zero-order chi connectivity index (χ0) is 56.2. The Balaban J connectivity index is 0.000000157. The first-order valence-corrected chi connectivity index (χ1v) is 28.0. The number of carbonyl (C=O) groups excluding carboxylic acids is 2. The number of Topliss-reactive ketones (excluding diaryl/α,β-unsaturated/α-hetero) is 1. The number of aliphatic hydroxyl groups excluding tert-OH is 1. The van der Waals surface area contributed by atoms with Crippen LogP contribution >= 0.6 is 0 Å². The average Bonchev–Trinajstić information content (AvgIpc) is 3.87. The van der Waals surface area contributed by atoms with E-state index in [1.807, 2.05) is 141 Å². The number of esters is 1. The van der Waals surface area contributed by atoms with Gasteiger partial charge in [-0.15, -0.1) is 0 Å². The van der Waals surface area contributed by atoms with Crippen LogP contribution in [-0.2, 0) is 14.3 Å². The Morgan fingerprint density at radius 2 is 0.937 bits per heavy atom. The van der Waals surface area contributed by atoms with Crippen LogP contribution in [0, 0.1) is 99.1 Å². The van der Waals surface area contributed by atoms with Gasteiger partial charge in [0, 0.05) is 70.7 Å². The Labute approximate surface area is 467 Å². The summed E-state index contributed by atoms with van der Waals surface area (Å²) >= 11 is 0. The van der Waals surface area contributed by atoms with E-state index in [-0.39, 0.29) is 35.9 Å². The van der Waals surface area contributed by atoms with Gasteiger partial charge in [-0.1, -0.05) is 133 Å². The second-order valence-corrected chi connectivity index (χ2v) is 22.5. The highest BCUT2D eigenvalue weighted by molar-refractivity contribution is 5.80. The Hall–Kier alpha value is -8.10. The van der Waals surface area contributed by atoms with Crippen molar-refractivity contribution in [2.24, 2.45) is 65.1 Å². The number of hydrogen-bond acceptors (Lipinski definition) is 10. The van der Waals surface area contributed by atoms with E-state index in [1.165, 1.54) is 0 Å². The van der Waals surface area contributed by atoms with Crippen LogP contribution in [0.2, 0.25) is 0 Å². The molecule has 4 aliphatic rings. The van der Waals surface area contributed by atoms with Gasteiger partial charge in [0.1, 0.15) is 11.9 Å². The third kappa shape index (κ3) is 14.0. The number of benzene rings is 3. The molecule has 10 heteroatoms. The Morgan fingerprint density at radius 1 is 0.506 bits per heavy atom. The molecule has 1 aliphatic heterocycles. The van der Waals surface area contributed by atoms with Crippen LogP contribution in [0.3, 0.4) is 0 Å². The molecule has 1 N–H and O–H groups in total. The van der Waals surface area contributed by atoms with Crippen molar-refractivity contribution in [3.8, 4) is 51.6 Å². The van der Waals surface area contributed by atoms with Gasteiger partial charge in [0.15, 0.2) is 0 Å². The molecule has 10 rings (SSSR count). The van der Waals surface area contributed by atoms with Gasteiger partial charge in [-0.25, -0.2) is 0 Å². The maximum atomic E-state index is 12.2. The van der Waals surface area contributed by atoms with Crippen molar-refractivity contribution in [1.82, 2.24) is 15.0 Å². The van der Waals surface area contributed by atoms with Gasteiger partial charge in [0.05, 0.1) is 64.0 Å². The Kier molecular flexibility index (Phi) is 19.1. The predicted octanol–water partition coefficient (Wildman–Crippen LogP) is 14.7. The first-order chi connectivity index (χ1) is 38.1. The number of ether oxygens (including phenoxy) is 1. The molecule has 79 heavy (non-hydrogen) atoms. The summed E-state index contributed by atoms with van der Waals surface area (Å²) in [4.78, 5) is 37.7. The van der Waals surface area contributed by atoms with E-state index >= 15 is 0 Å². The molecule has 3 aromatic carbocycles. The van der Waals surface area contributed by atoms with Crippen molar-refractivity contribution in [2.45, 2.75) is 92.8 Å². The second-order valence-electron chi connectivity index (χ2n) is 22.5. The van der Waals surface area contributed by atoms with Crippen LogP contribution in [0.15, 0.2) is 146 Å². The Morgan fingerprint density at radius 3 is 1.39 bits per heavy atom. The maximum Gasteiger partial charge on any atom is 0.309 e. The molecule has 402 valence electrons. The first-order valence-electron chi connectivity index (χ1n) is 28.0. The predicted molar refractivity (Wildman–Crippen MR) is 312 cm³/mol. The molecule has 0 amide bonds. The molecule has 0 radical (unpaired) electrons.